The lowest BCUT2D eigenvalue weighted by Gasteiger charge is -2.11. The summed E-state index contributed by atoms with van der Waals surface area (Å²) >= 11 is 0. The fourth-order valence-electron chi connectivity index (χ4n) is 2.40. The lowest BCUT2D eigenvalue weighted by atomic mass is 10.1. The quantitative estimate of drug-likeness (QED) is 0.850. The number of carbonyl (C=O) groups is 1. The fourth-order valence-corrected chi connectivity index (χ4v) is 2.40. The molecule has 0 aliphatic heterocycles. The van der Waals surface area contributed by atoms with Gasteiger partial charge in [-0.3, -0.25) is 0 Å². The van der Waals surface area contributed by atoms with Crippen LogP contribution in [0.1, 0.15) is 48.5 Å². The average Bonchev–Trinajstić information content (AvgIpc) is 3.34. The van der Waals surface area contributed by atoms with E-state index in [-0.39, 0.29) is 6.03 Å². The highest BCUT2D eigenvalue weighted by Gasteiger charge is 2.28. The Balaban J connectivity index is 1.49. The molecule has 0 spiro atoms. The van der Waals surface area contributed by atoms with Crippen LogP contribution in [0.5, 0.6) is 0 Å². The van der Waals surface area contributed by atoms with Crippen LogP contribution in [-0.4, -0.2) is 22.7 Å². The van der Waals surface area contributed by atoms with Gasteiger partial charge >= 0.3 is 6.03 Å². The zero-order chi connectivity index (χ0) is 16.9. The van der Waals surface area contributed by atoms with Gasteiger partial charge in [-0.25, -0.2) is 4.79 Å². The number of hydrogen-bond acceptors (Lipinski definition) is 5. The summed E-state index contributed by atoms with van der Waals surface area (Å²) in [5.41, 5.74) is 2.22. The van der Waals surface area contributed by atoms with Gasteiger partial charge in [0, 0.05) is 24.6 Å². The van der Waals surface area contributed by atoms with E-state index in [0.29, 0.717) is 36.0 Å². The first-order valence-electron chi connectivity index (χ1n) is 8.10. The molecule has 0 saturated heterocycles. The second kappa shape index (κ2) is 7.13. The van der Waals surface area contributed by atoms with Gasteiger partial charge < -0.3 is 15.2 Å². The van der Waals surface area contributed by atoms with E-state index in [1.54, 1.807) is 18.2 Å². The zero-order valence-electron chi connectivity index (χ0n) is 13.5. The van der Waals surface area contributed by atoms with Crippen molar-refractivity contribution in [1.82, 2.24) is 15.5 Å². The molecule has 3 rings (SSSR count). The summed E-state index contributed by atoms with van der Waals surface area (Å²) in [6, 6.07) is 7.02. The third-order valence-corrected chi connectivity index (χ3v) is 3.91. The third kappa shape index (κ3) is 3.90. The van der Waals surface area contributed by atoms with Crippen molar-refractivity contribution in [3.8, 4) is 6.07 Å². The van der Waals surface area contributed by atoms with Crippen LogP contribution in [0.25, 0.3) is 0 Å². The first-order chi connectivity index (χ1) is 11.7. The predicted octanol–water partition coefficient (Wildman–Crippen LogP) is 2.75. The monoisotopic (exact) mass is 325 g/mol. The van der Waals surface area contributed by atoms with Crippen LogP contribution in [0.3, 0.4) is 0 Å². The molecule has 7 nitrogen and oxygen atoms in total. The van der Waals surface area contributed by atoms with Gasteiger partial charge in [0.2, 0.25) is 5.89 Å². The molecule has 1 aromatic carbocycles. The average molecular weight is 325 g/mol. The molecule has 7 heteroatoms. The normalized spacial score (nSPS) is 13.3. The van der Waals surface area contributed by atoms with E-state index in [4.69, 9.17) is 9.78 Å². The Morgan fingerprint density at radius 2 is 2.29 bits per heavy atom. The number of rotatable bonds is 6. The van der Waals surface area contributed by atoms with Crippen molar-refractivity contribution in [3.63, 3.8) is 0 Å². The lowest BCUT2D eigenvalue weighted by Crippen LogP contribution is -2.30. The number of carbonyl (C=O) groups excluding carboxylic acids is 1. The van der Waals surface area contributed by atoms with E-state index in [1.807, 2.05) is 6.92 Å². The van der Waals surface area contributed by atoms with Crippen LogP contribution in [0.15, 0.2) is 22.7 Å². The van der Waals surface area contributed by atoms with Crippen molar-refractivity contribution in [2.24, 2.45) is 0 Å². The maximum absolute atomic E-state index is 12.0. The molecule has 2 aromatic rings. The standard InChI is InChI=1S/C17H19N5O2/c1-2-12-9-11(10-18)3-6-14(12)20-17(23)19-8-7-15-21-16(22-24-15)13-4-5-13/h3,6,9,13H,2,4-5,7-8H2,1H3,(H2,19,20,23). The number of nitrogens with one attached hydrogen (secondary N) is 2. The maximum atomic E-state index is 12.0. The molecule has 0 atom stereocenters. The number of hydrogen-bond donors (Lipinski definition) is 2. The minimum atomic E-state index is -0.295. The van der Waals surface area contributed by atoms with Crippen LogP contribution >= 0.6 is 0 Å². The van der Waals surface area contributed by atoms with Crippen molar-refractivity contribution >= 4 is 11.7 Å². The Morgan fingerprint density at radius 3 is 3.00 bits per heavy atom. The number of aromatic nitrogens is 2. The number of amides is 2. The topological polar surface area (TPSA) is 104 Å². The SMILES string of the molecule is CCc1cc(C#N)ccc1NC(=O)NCCc1nc(C2CC2)no1. The molecular formula is C17H19N5O2. The highest BCUT2D eigenvalue weighted by Crippen LogP contribution is 2.38. The Hall–Kier alpha value is -2.88. The van der Waals surface area contributed by atoms with Gasteiger partial charge in [-0.2, -0.15) is 10.2 Å². The first-order valence-corrected chi connectivity index (χ1v) is 8.10. The number of benzene rings is 1. The number of aryl methyl sites for hydroxylation is 1. The number of nitrogens with zero attached hydrogens (tertiary/aromatic N) is 3. The summed E-state index contributed by atoms with van der Waals surface area (Å²) in [5, 5.41) is 18.4. The molecular weight excluding hydrogens is 306 g/mol. The van der Waals surface area contributed by atoms with Gasteiger partial charge in [-0.15, -0.1) is 0 Å². The van der Waals surface area contributed by atoms with Crippen molar-refractivity contribution in [1.29, 1.82) is 5.26 Å². The molecule has 0 bridgehead atoms. The molecule has 0 unspecified atom stereocenters. The van der Waals surface area contributed by atoms with E-state index < -0.39 is 0 Å². The number of nitriles is 1. The molecule has 1 aliphatic rings. The molecule has 24 heavy (non-hydrogen) atoms. The summed E-state index contributed by atoms with van der Waals surface area (Å²) < 4.78 is 5.16. The van der Waals surface area contributed by atoms with E-state index in [2.05, 4.69) is 26.8 Å². The first kappa shape index (κ1) is 16.0. The summed E-state index contributed by atoms with van der Waals surface area (Å²) in [5.74, 6) is 1.78. The molecule has 1 saturated carbocycles. The molecule has 124 valence electrons. The Morgan fingerprint density at radius 1 is 1.46 bits per heavy atom. The van der Waals surface area contributed by atoms with Crippen LogP contribution < -0.4 is 10.6 Å². The van der Waals surface area contributed by atoms with Gasteiger partial charge in [0.05, 0.1) is 11.6 Å². The van der Waals surface area contributed by atoms with Crippen molar-refractivity contribution in [3.05, 3.63) is 41.0 Å². The van der Waals surface area contributed by atoms with Crippen LogP contribution in [0.4, 0.5) is 10.5 Å². The van der Waals surface area contributed by atoms with Gasteiger partial charge in [0.15, 0.2) is 5.82 Å². The lowest BCUT2D eigenvalue weighted by molar-refractivity contribution is 0.252. The van der Waals surface area contributed by atoms with Gasteiger partial charge in [0.25, 0.3) is 0 Å². The van der Waals surface area contributed by atoms with Gasteiger partial charge in [-0.05, 0) is 43.0 Å². The zero-order valence-corrected chi connectivity index (χ0v) is 13.5. The highest BCUT2D eigenvalue weighted by molar-refractivity contribution is 5.90. The molecule has 0 radical (unpaired) electrons. The van der Waals surface area contributed by atoms with Crippen LogP contribution in [0.2, 0.25) is 0 Å². The van der Waals surface area contributed by atoms with E-state index in [9.17, 15) is 4.79 Å². The van der Waals surface area contributed by atoms with Crippen molar-refractivity contribution in [2.45, 2.75) is 38.5 Å². The number of urea groups is 1. The second-order valence-corrected chi connectivity index (χ2v) is 5.79. The van der Waals surface area contributed by atoms with Gasteiger partial charge in [-0.1, -0.05) is 12.1 Å². The summed E-state index contributed by atoms with van der Waals surface area (Å²) in [4.78, 5) is 16.3. The predicted molar refractivity (Wildman–Crippen MR) is 87.5 cm³/mol. The smallest absolute Gasteiger partial charge is 0.319 e. The molecule has 1 heterocycles. The minimum absolute atomic E-state index is 0.295. The summed E-state index contributed by atoms with van der Waals surface area (Å²) in [6.07, 6.45) is 3.49. The van der Waals surface area contributed by atoms with E-state index in [0.717, 1.165) is 30.7 Å². The molecule has 2 N–H and O–H groups in total. The highest BCUT2D eigenvalue weighted by atomic mass is 16.5. The van der Waals surface area contributed by atoms with Crippen LogP contribution in [-0.2, 0) is 12.8 Å². The molecule has 1 aliphatic carbocycles. The summed E-state index contributed by atoms with van der Waals surface area (Å²) in [7, 11) is 0. The Bertz CT molecular complexity index is 774. The fraction of sp³-hybridized carbons (Fsp3) is 0.412. The molecule has 1 fully saturated rings. The van der Waals surface area contributed by atoms with E-state index in [1.165, 1.54) is 0 Å². The van der Waals surface area contributed by atoms with E-state index >= 15 is 0 Å². The van der Waals surface area contributed by atoms with Gasteiger partial charge in [0.1, 0.15) is 0 Å². The maximum Gasteiger partial charge on any atom is 0.319 e. The molecule has 1 aromatic heterocycles. The third-order valence-electron chi connectivity index (χ3n) is 3.91. The van der Waals surface area contributed by atoms with Crippen molar-refractivity contribution < 1.29 is 9.32 Å². The van der Waals surface area contributed by atoms with Crippen LogP contribution in [0, 0.1) is 11.3 Å². The Labute approximate surface area is 140 Å². The minimum Gasteiger partial charge on any atom is -0.339 e. The second-order valence-electron chi connectivity index (χ2n) is 5.79. The largest absolute Gasteiger partial charge is 0.339 e. The van der Waals surface area contributed by atoms with Crippen molar-refractivity contribution in [2.75, 3.05) is 11.9 Å². The number of anilines is 1. The summed E-state index contributed by atoms with van der Waals surface area (Å²) in [6.45, 7) is 2.39. The Kier molecular flexibility index (Phi) is 4.75. The molecule has 2 amide bonds.